The Balaban J connectivity index is 2.06. The lowest BCUT2D eigenvalue weighted by atomic mass is 10.0. The first-order valence-corrected chi connectivity index (χ1v) is 8.97. The molecule has 0 spiro atoms. The summed E-state index contributed by atoms with van der Waals surface area (Å²) >= 11 is 7.38. The summed E-state index contributed by atoms with van der Waals surface area (Å²) in [5, 5.41) is 2.84. The summed E-state index contributed by atoms with van der Waals surface area (Å²) in [4.78, 5) is 26.7. The Morgan fingerprint density at radius 1 is 1.24 bits per heavy atom. The Morgan fingerprint density at radius 2 is 1.92 bits per heavy atom. The molecular weight excluding hydrogens is 360 g/mol. The molecule has 0 fully saturated rings. The monoisotopic (exact) mass is 380 g/mol. The van der Waals surface area contributed by atoms with Crippen molar-refractivity contribution in [2.75, 3.05) is 14.2 Å². The van der Waals surface area contributed by atoms with E-state index in [1.165, 1.54) is 18.3 Å². The van der Waals surface area contributed by atoms with Gasteiger partial charge in [-0.1, -0.05) is 23.7 Å². The molecule has 0 saturated carbocycles. The van der Waals surface area contributed by atoms with Gasteiger partial charge < -0.3 is 15.0 Å². The van der Waals surface area contributed by atoms with Crippen molar-refractivity contribution in [1.29, 1.82) is 0 Å². The van der Waals surface area contributed by atoms with E-state index in [0.29, 0.717) is 10.9 Å². The molecule has 1 aromatic carbocycles. The first kappa shape index (κ1) is 19.3. The zero-order valence-electron chi connectivity index (χ0n) is 14.4. The lowest BCUT2D eigenvalue weighted by Crippen LogP contribution is -2.33. The number of nitrogens with zero attached hydrogens (tertiary/aromatic N) is 1. The van der Waals surface area contributed by atoms with E-state index < -0.39 is 0 Å². The summed E-state index contributed by atoms with van der Waals surface area (Å²) < 4.78 is 5.84. The molecule has 2 rings (SSSR count). The molecule has 2 aromatic rings. The molecule has 0 radical (unpaired) electrons. The number of hydrogen-bond donors (Lipinski definition) is 1. The predicted octanol–water partition coefficient (Wildman–Crippen LogP) is 3.64. The molecule has 5 nitrogen and oxygen atoms in total. The second kappa shape index (κ2) is 8.87. The average Bonchev–Trinajstić information content (AvgIpc) is 2.98. The molecule has 0 aliphatic carbocycles. The molecule has 1 aromatic heterocycles. The Bertz CT molecular complexity index is 730. The molecule has 1 heterocycles. The van der Waals surface area contributed by atoms with Crippen LogP contribution in [0.5, 0.6) is 5.75 Å². The third kappa shape index (κ3) is 5.76. The van der Waals surface area contributed by atoms with Crippen molar-refractivity contribution in [3.63, 3.8) is 0 Å². The van der Waals surface area contributed by atoms with E-state index in [9.17, 15) is 9.59 Å². The highest BCUT2D eigenvalue weighted by atomic mass is 35.5. The molecule has 2 amide bonds. The van der Waals surface area contributed by atoms with Crippen LogP contribution in [0.25, 0.3) is 0 Å². The zero-order valence-corrected chi connectivity index (χ0v) is 16.0. The number of rotatable bonds is 7. The summed E-state index contributed by atoms with van der Waals surface area (Å²) in [6, 6.07) is 10.7. The number of hydrogen-bond acceptors (Lipinski definition) is 4. The predicted molar refractivity (Wildman–Crippen MR) is 100.0 cm³/mol. The second-order valence-corrected chi connectivity index (χ2v) is 7.49. The highest BCUT2D eigenvalue weighted by Crippen LogP contribution is 2.24. The Labute approximate surface area is 156 Å². The summed E-state index contributed by atoms with van der Waals surface area (Å²) in [6.07, 6.45) is 0.182. The third-order valence-electron chi connectivity index (χ3n) is 3.72. The van der Waals surface area contributed by atoms with Gasteiger partial charge in [-0.05, 0) is 29.8 Å². The van der Waals surface area contributed by atoms with Gasteiger partial charge in [0, 0.05) is 18.8 Å². The van der Waals surface area contributed by atoms with Crippen LogP contribution in [0.1, 0.15) is 29.8 Å². The van der Waals surface area contributed by atoms with Crippen LogP contribution in [0.15, 0.2) is 36.4 Å². The van der Waals surface area contributed by atoms with E-state index in [1.54, 1.807) is 19.1 Å². The first-order chi connectivity index (χ1) is 11.9. The van der Waals surface area contributed by atoms with Crippen molar-refractivity contribution in [3.05, 3.63) is 51.2 Å². The lowest BCUT2D eigenvalue weighted by Gasteiger charge is -2.22. The Morgan fingerprint density at radius 3 is 2.44 bits per heavy atom. The Kier molecular flexibility index (Phi) is 6.84. The summed E-state index contributed by atoms with van der Waals surface area (Å²) in [5.41, 5.74) is 0.858. The molecule has 0 bridgehead atoms. The van der Waals surface area contributed by atoms with Crippen LogP contribution in [-0.4, -0.2) is 30.9 Å². The molecule has 1 unspecified atom stereocenters. The van der Waals surface area contributed by atoms with Crippen LogP contribution >= 0.6 is 22.9 Å². The quantitative estimate of drug-likeness (QED) is 0.797. The van der Waals surface area contributed by atoms with Gasteiger partial charge in [-0.15, -0.1) is 11.3 Å². The lowest BCUT2D eigenvalue weighted by molar-refractivity contribution is -0.131. The van der Waals surface area contributed by atoms with Gasteiger partial charge in [0.05, 0.1) is 30.5 Å². The van der Waals surface area contributed by atoms with Crippen LogP contribution in [0.4, 0.5) is 0 Å². The van der Waals surface area contributed by atoms with E-state index in [-0.39, 0.29) is 24.3 Å². The van der Waals surface area contributed by atoms with Crippen LogP contribution < -0.4 is 10.1 Å². The molecule has 1 atom stereocenters. The van der Waals surface area contributed by atoms with Crippen molar-refractivity contribution in [2.45, 2.75) is 25.9 Å². The molecular formula is C18H21ClN2O3S. The van der Waals surface area contributed by atoms with Crippen molar-refractivity contribution in [2.24, 2.45) is 0 Å². The van der Waals surface area contributed by atoms with E-state index >= 15 is 0 Å². The average molecular weight is 381 g/mol. The molecule has 25 heavy (non-hydrogen) atoms. The minimum atomic E-state index is -0.384. The molecule has 0 saturated heterocycles. The van der Waals surface area contributed by atoms with Crippen LogP contribution in [0, 0.1) is 0 Å². The zero-order chi connectivity index (χ0) is 18.4. The van der Waals surface area contributed by atoms with Crippen molar-refractivity contribution < 1.29 is 14.3 Å². The Hall–Kier alpha value is -2.05. The van der Waals surface area contributed by atoms with Gasteiger partial charge in [-0.3, -0.25) is 9.59 Å². The molecule has 7 heteroatoms. The van der Waals surface area contributed by atoms with Gasteiger partial charge in [0.2, 0.25) is 11.8 Å². The maximum Gasteiger partial charge on any atom is 0.225 e. The molecule has 0 aliphatic heterocycles. The van der Waals surface area contributed by atoms with E-state index in [4.69, 9.17) is 16.3 Å². The van der Waals surface area contributed by atoms with Crippen LogP contribution in [0.2, 0.25) is 4.34 Å². The number of amides is 2. The van der Waals surface area contributed by atoms with Gasteiger partial charge in [-0.25, -0.2) is 0 Å². The van der Waals surface area contributed by atoms with E-state index in [2.05, 4.69) is 5.32 Å². The number of ether oxygens (including phenoxy) is 1. The van der Waals surface area contributed by atoms with Gasteiger partial charge in [0.25, 0.3) is 0 Å². The minimum Gasteiger partial charge on any atom is -0.497 e. The van der Waals surface area contributed by atoms with Gasteiger partial charge in [0.15, 0.2) is 0 Å². The number of methoxy groups -OCH3 is 1. The van der Waals surface area contributed by atoms with Crippen molar-refractivity contribution in [3.8, 4) is 5.75 Å². The molecule has 1 N–H and O–H groups in total. The largest absolute Gasteiger partial charge is 0.497 e. The first-order valence-electron chi connectivity index (χ1n) is 7.78. The third-order valence-corrected chi connectivity index (χ3v) is 4.94. The summed E-state index contributed by atoms with van der Waals surface area (Å²) in [5.74, 6) is 0.490. The van der Waals surface area contributed by atoms with Crippen LogP contribution in [-0.2, 0) is 16.1 Å². The molecule has 134 valence electrons. The second-order valence-electron chi connectivity index (χ2n) is 5.69. The fourth-order valence-corrected chi connectivity index (χ4v) is 3.56. The highest BCUT2D eigenvalue weighted by Gasteiger charge is 2.20. The standard InChI is InChI=1S/C18H21ClN2O3S/c1-12(22)20-16(13-4-6-14(24-3)7-5-13)10-18(23)21(2)11-15-8-9-17(19)25-15/h4-9,16H,10-11H2,1-3H3,(H,20,22). The summed E-state index contributed by atoms with van der Waals surface area (Å²) in [6.45, 7) is 1.93. The number of nitrogens with one attached hydrogen (secondary N) is 1. The fraction of sp³-hybridized carbons (Fsp3) is 0.333. The SMILES string of the molecule is COc1ccc(C(CC(=O)N(C)Cc2ccc(Cl)s2)NC(C)=O)cc1. The fourth-order valence-electron chi connectivity index (χ4n) is 2.42. The number of carbonyl (C=O) groups is 2. The van der Waals surface area contributed by atoms with Crippen molar-refractivity contribution >= 4 is 34.8 Å². The van der Waals surface area contributed by atoms with Gasteiger partial charge >= 0.3 is 0 Å². The van der Waals surface area contributed by atoms with Gasteiger partial charge in [-0.2, -0.15) is 0 Å². The maximum atomic E-state index is 12.6. The number of thiophene rings is 1. The van der Waals surface area contributed by atoms with Crippen molar-refractivity contribution in [1.82, 2.24) is 10.2 Å². The topological polar surface area (TPSA) is 58.6 Å². The number of carbonyl (C=O) groups excluding carboxylic acids is 2. The van der Waals surface area contributed by atoms with Gasteiger partial charge in [0.1, 0.15) is 5.75 Å². The number of benzene rings is 1. The number of halogens is 1. The van der Waals surface area contributed by atoms with E-state index in [1.807, 2.05) is 36.4 Å². The summed E-state index contributed by atoms with van der Waals surface area (Å²) in [7, 11) is 3.34. The highest BCUT2D eigenvalue weighted by molar-refractivity contribution is 7.16. The van der Waals surface area contributed by atoms with Crippen LogP contribution in [0.3, 0.4) is 0 Å². The molecule has 0 aliphatic rings. The smallest absolute Gasteiger partial charge is 0.225 e. The minimum absolute atomic E-state index is 0.0564. The van der Waals surface area contributed by atoms with E-state index in [0.717, 1.165) is 16.2 Å². The maximum absolute atomic E-state index is 12.6. The normalized spacial score (nSPS) is 11.7.